The normalized spacial score (nSPS) is 29.2. The van der Waals surface area contributed by atoms with Crippen LogP contribution in [0.5, 0.6) is 0 Å². The zero-order chi connectivity index (χ0) is 8.32. The first-order valence-corrected chi connectivity index (χ1v) is 4.99. The Morgan fingerprint density at radius 2 is 2.00 bits per heavy atom. The first-order valence-electron chi connectivity index (χ1n) is 4.99. The summed E-state index contributed by atoms with van der Waals surface area (Å²) in [5, 5.41) is 0. The summed E-state index contributed by atoms with van der Waals surface area (Å²) in [7, 11) is 0. The van der Waals surface area contributed by atoms with Gasteiger partial charge in [0, 0.05) is 0 Å². The van der Waals surface area contributed by atoms with Crippen LogP contribution >= 0.6 is 0 Å². The van der Waals surface area contributed by atoms with Crippen LogP contribution in [0.2, 0.25) is 0 Å². The van der Waals surface area contributed by atoms with Gasteiger partial charge in [-0.05, 0) is 30.7 Å². The molecular formula is C10H21N. The maximum atomic E-state index is 5.76. The Morgan fingerprint density at radius 3 is 2.36 bits per heavy atom. The Labute approximate surface area is 70.4 Å². The minimum Gasteiger partial charge on any atom is -0.330 e. The van der Waals surface area contributed by atoms with Crippen molar-refractivity contribution in [3.05, 3.63) is 0 Å². The van der Waals surface area contributed by atoms with E-state index in [0.717, 1.165) is 12.5 Å². The minimum absolute atomic E-state index is 0.620. The number of hydrogen-bond acceptors (Lipinski definition) is 1. The number of rotatable bonds is 3. The molecule has 0 aliphatic heterocycles. The third-order valence-corrected chi connectivity index (χ3v) is 3.79. The third-order valence-electron chi connectivity index (χ3n) is 3.79. The lowest BCUT2D eigenvalue weighted by atomic mass is 9.73. The Bertz CT molecular complexity index is 116. The van der Waals surface area contributed by atoms with Gasteiger partial charge in [-0.3, -0.25) is 0 Å². The quantitative estimate of drug-likeness (QED) is 0.666. The van der Waals surface area contributed by atoms with Crippen LogP contribution in [0.15, 0.2) is 0 Å². The molecule has 1 atom stereocenters. The molecule has 0 aromatic heterocycles. The van der Waals surface area contributed by atoms with Crippen molar-refractivity contribution in [2.45, 2.75) is 46.0 Å². The van der Waals surface area contributed by atoms with Gasteiger partial charge >= 0.3 is 0 Å². The van der Waals surface area contributed by atoms with Gasteiger partial charge in [0.25, 0.3) is 0 Å². The van der Waals surface area contributed by atoms with Crippen molar-refractivity contribution in [2.75, 3.05) is 6.54 Å². The first kappa shape index (κ1) is 9.05. The van der Waals surface area contributed by atoms with Gasteiger partial charge in [0.15, 0.2) is 0 Å². The Kier molecular flexibility index (Phi) is 2.94. The Hall–Kier alpha value is -0.0400. The molecule has 0 bridgehead atoms. The molecule has 0 heterocycles. The highest BCUT2D eigenvalue weighted by atomic mass is 14.6. The molecule has 1 heteroatoms. The van der Waals surface area contributed by atoms with Gasteiger partial charge in [-0.25, -0.2) is 0 Å². The third kappa shape index (κ3) is 1.44. The van der Waals surface area contributed by atoms with Crippen molar-refractivity contribution >= 4 is 0 Å². The number of nitrogens with two attached hydrogens (primary N) is 1. The van der Waals surface area contributed by atoms with Crippen LogP contribution in [0.3, 0.4) is 0 Å². The molecule has 1 nitrogen and oxygen atoms in total. The van der Waals surface area contributed by atoms with Crippen LogP contribution < -0.4 is 5.73 Å². The first-order chi connectivity index (χ1) is 5.29. The summed E-state index contributed by atoms with van der Waals surface area (Å²) in [6.45, 7) is 5.54. The van der Waals surface area contributed by atoms with E-state index >= 15 is 0 Å². The largest absolute Gasteiger partial charge is 0.330 e. The molecule has 1 saturated carbocycles. The van der Waals surface area contributed by atoms with Crippen LogP contribution in [-0.2, 0) is 0 Å². The van der Waals surface area contributed by atoms with Crippen molar-refractivity contribution in [3.8, 4) is 0 Å². The molecule has 1 aliphatic rings. The minimum atomic E-state index is 0.620. The fourth-order valence-electron chi connectivity index (χ4n) is 2.76. The highest BCUT2D eigenvalue weighted by molar-refractivity contribution is 4.90. The van der Waals surface area contributed by atoms with Crippen molar-refractivity contribution in [1.29, 1.82) is 0 Å². The molecule has 0 aromatic carbocycles. The second-order valence-electron chi connectivity index (χ2n) is 3.89. The summed E-state index contributed by atoms with van der Waals surface area (Å²) >= 11 is 0. The van der Waals surface area contributed by atoms with Gasteiger partial charge in [-0.1, -0.05) is 33.1 Å². The summed E-state index contributed by atoms with van der Waals surface area (Å²) in [5.41, 5.74) is 6.38. The second-order valence-corrected chi connectivity index (χ2v) is 3.89. The molecule has 1 unspecified atom stereocenters. The SMILES string of the molecule is CCC1(CC)CCCC1CN. The summed E-state index contributed by atoms with van der Waals surface area (Å²) in [6.07, 6.45) is 6.85. The van der Waals surface area contributed by atoms with Crippen molar-refractivity contribution in [1.82, 2.24) is 0 Å². The van der Waals surface area contributed by atoms with Gasteiger partial charge in [-0.15, -0.1) is 0 Å². The predicted molar refractivity (Wildman–Crippen MR) is 49.4 cm³/mol. The number of hydrogen-bond donors (Lipinski definition) is 1. The van der Waals surface area contributed by atoms with E-state index in [1.807, 2.05) is 0 Å². The van der Waals surface area contributed by atoms with Crippen molar-refractivity contribution < 1.29 is 0 Å². The second kappa shape index (κ2) is 3.57. The van der Waals surface area contributed by atoms with Gasteiger partial charge in [0.1, 0.15) is 0 Å². The Morgan fingerprint density at radius 1 is 1.36 bits per heavy atom. The summed E-state index contributed by atoms with van der Waals surface area (Å²) in [5.74, 6) is 0.817. The highest BCUT2D eigenvalue weighted by Crippen LogP contribution is 2.47. The lowest BCUT2D eigenvalue weighted by Crippen LogP contribution is -2.29. The van der Waals surface area contributed by atoms with E-state index in [0.29, 0.717) is 5.41 Å². The zero-order valence-electron chi connectivity index (χ0n) is 7.90. The fraction of sp³-hybridized carbons (Fsp3) is 1.00. The van der Waals surface area contributed by atoms with Crippen LogP contribution in [-0.4, -0.2) is 6.54 Å². The van der Waals surface area contributed by atoms with Crippen LogP contribution in [0, 0.1) is 11.3 Å². The lowest BCUT2D eigenvalue weighted by molar-refractivity contribution is 0.186. The van der Waals surface area contributed by atoms with E-state index in [4.69, 9.17) is 5.73 Å². The molecule has 1 aliphatic carbocycles. The average Bonchev–Trinajstić information content (AvgIpc) is 2.47. The van der Waals surface area contributed by atoms with Gasteiger partial charge in [0.2, 0.25) is 0 Å². The maximum Gasteiger partial charge on any atom is -0.00436 e. The standard InChI is InChI=1S/C10H21N/c1-3-10(4-2)7-5-6-9(10)8-11/h9H,3-8,11H2,1-2H3. The summed E-state index contributed by atoms with van der Waals surface area (Å²) < 4.78 is 0. The van der Waals surface area contributed by atoms with Gasteiger partial charge < -0.3 is 5.73 Å². The van der Waals surface area contributed by atoms with E-state index in [1.165, 1.54) is 32.1 Å². The molecule has 1 fully saturated rings. The Balaban J connectivity index is 2.63. The molecule has 0 amide bonds. The van der Waals surface area contributed by atoms with Gasteiger partial charge in [-0.2, -0.15) is 0 Å². The topological polar surface area (TPSA) is 26.0 Å². The molecule has 0 spiro atoms. The van der Waals surface area contributed by atoms with E-state index in [1.54, 1.807) is 0 Å². The predicted octanol–water partition coefficient (Wildman–Crippen LogP) is 2.55. The highest BCUT2D eigenvalue weighted by Gasteiger charge is 2.38. The molecule has 1 rings (SSSR count). The van der Waals surface area contributed by atoms with Crippen molar-refractivity contribution in [2.24, 2.45) is 17.1 Å². The fourth-order valence-corrected chi connectivity index (χ4v) is 2.76. The maximum absolute atomic E-state index is 5.76. The smallest absolute Gasteiger partial charge is 0.00436 e. The van der Waals surface area contributed by atoms with Crippen LogP contribution in [0.4, 0.5) is 0 Å². The molecule has 0 radical (unpaired) electrons. The molecule has 0 aromatic rings. The van der Waals surface area contributed by atoms with Crippen molar-refractivity contribution in [3.63, 3.8) is 0 Å². The van der Waals surface area contributed by atoms with E-state index in [-0.39, 0.29) is 0 Å². The van der Waals surface area contributed by atoms with E-state index in [2.05, 4.69) is 13.8 Å². The summed E-state index contributed by atoms with van der Waals surface area (Å²) in [6, 6.07) is 0. The average molecular weight is 155 g/mol. The van der Waals surface area contributed by atoms with Crippen LogP contribution in [0.25, 0.3) is 0 Å². The molecular weight excluding hydrogens is 134 g/mol. The molecule has 0 saturated heterocycles. The molecule has 11 heavy (non-hydrogen) atoms. The lowest BCUT2D eigenvalue weighted by Gasteiger charge is -2.32. The molecule has 66 valence electrons. The summed E-state index contributed by atoms with van der Waals surface area (Å²) in [4.78, 5) is 0. The molecule has 2 N–H and O–H groups in total. The monoisotopic (exact) mass is 155 g/mol. The van der Waals surface area contributed by atoms with Crippen LogP contribution in [0.1, 0.15) is 46.0 Å². The van der Waals surface area contributed by atoms with Gasteiger partial charge in [0.05, 0.1) is 0 Å². The van der Waals surface area contributed by atoms with E-state index in [9.17, 15) is 0 Å². The van der Waals surface area contributed by atoms with E-state index < -0.39 is 0 Å². The zero-order valence-corrected chi connectivity index (χ0v) is 7.90.